The van der Waals surface area contributed by atoms with Gasteiger partial charge in [-0.3, -0.25) is 0 Å². The minimum absolute atomic E-state index is 0.0425. The first kappa shape index (κ1) is 17.4. The maximum absolute atomic E-state index is 11.3. The smallest absolute Gasteiger partial charge is 0.330 e. The molecule has 0 rings (SSSR count). The van der Waals surface area contributed by atoms with Crippen LogP contribution < -0.4 is 0 Å². The Kier molecular flexibility index (Phi) is 9.02. The van der Waals surface area contributed by atoms with Crippen LogP contribution >= 0.6 is 0 Å². The van der Waals surface area contributed by atoms with Crippen molar-refractivity contribution < 1.29 is 14.0 Å². The molecule has 1 atom stereocenters. The quantitative estimate of drug-likeness (QED) is 0.363. The summed E-state index contributed by atoms with van der Waals surface area (Å²) in [5, 5.41) is 0. The minimum Gasteiger partial charge on any atom is -0.463 e. The number of hydrogen-bond acceptors (Lipinski definition) is 3. The third-order valence-electron chi connectivity index (χ3n) is 3.47. The van der Waals surface area contributed by atoms with Crippen molar-refractivity contribution in [2.24, 2.45) is 0 Å². The van der Waals surface area contributed by atoms with E-state index in [0.29, 0.717) is 6.61 Å². The molecule has 0 aliphatic rings. The Balaban J connectivity index is 4.54. The molecule has 0 aromatic carbocycles. The van der Waals surface area contributed by atoms with Crippen molar-refractivity contribution in [3.63, 3.8) is 0 Å². The van der Waals surface area contributed by atoms with E-state index in [9.17, 15) is 4.79 Å². The zero-order valence-electron chi connectivity index (χ0n) is 12.5. The van der Waals surface area contributed by atoms with Gasteiger partial charge in [0.05, 0.1) is 12.7 Å². The van der Waals surface area contributed by atoms with E-state index in [4.69, 9.17) is 9.16 Å². The van der Waals surface area contributed by atoms with Crippen LogP contribution in [-0.4, -0.2) is 27.0 Å². The van der Waals surface area contributed by atoms with Gasteiger partial charge < -0.3 is 9.16 Å². The number of rotatable bonds is 9. The molecule has 0 saturated heterocycles. The molecule has 4 heteroatoms. The summed E-state index contributed by atoms with van der Waals surface area (Å²) in [6.07, 6.45) is 4.28. The van der Waals surface area contributed by atoms with Crippen LogP contribution in [0.5, 0.6) is 0 Å². The van der Waals surface area contributed by atoms with Crippen LogP contribution in [0.1, 0.15) is 41.0 Å². The lowest BCUT2D eigenvalue weighted by molar-refractivity contribution is -0.137. The molecule has 0 aliphatic heterocycles. The molecule has 0 aliphatic carbocycles. The number of carbonyl (C=O) groups excluding carboxylic acids is 1. The highest BCUT2D eigenvalue weighted by atomic mass is 28.4. The Morgan fingerprint density at radius 1 is 1.11 bits per heavy atom. The van der Waals surface area contributed by atoms with E-state index in [-0.39, 0.29) is 12.1 Å². The van der Waals surface area contributed by atoms with Gasteiger partial charge in [-0.1, -0.05) is 27.7 Å². The fourth-order valence-corrected chi connectivity index (χ4v) is 4.84. The maximum Gasteiger partial charge on any atom is 0.330 e. The lowest BCUT2D eigenvalue weighted by atomic mass is 10.2. The van der Waals surface area contributed by atoms with E-state index in [2.05, 4.69) is 27.7 Å². The van der Waals surface area contributed by atoms with E-state index in [1.165, 1.54) is 6.08 Å². The van der Waals surface area contributed by atoms with Crippen LogP contribution in [0.3, 0.4) is 0 Å². The number of esters is 1. The predicted octanol–water partition coefficient (Wildman–Crippen LogP) is 3.91. The van der Waals surface area contributed by atoms with Gasteiger partial charge in [0.15, 0.2) is 8.32 Å². The van der Waals surface area contributed by atoms with Gasteiger partial charge in [0.1, 0.15) is 0 Å². The molecule has 0 aromatic heterocycles. The van der Waals surface area contributed by atoms with Crippen LogP contribution in [0.15, 0.2) is 12.2 Å². The SMILES string of the molecule is CCOC(=O)/C=C/[C@@H](CC)O[Si](CC)(CC)CC. The molecule has 0 amide bonds. The van der Waals surface area contributed by atoms with Crippen molar-refractivity contribution in [1.82, 2.24) is 0 Å². The number of hydrogen-bond donors (Lipinski definition) is 0. The predicted molar refractivity (Wildman–Crippen MR) is 78.1 cm³/mol. The Morgan fingerprint density at radius 2 is 1.67 bits per heavy atom. The lowest BCUT2D eigenvalue weighted by Gasteiger charge is -2.31. The van der Waals surface area contributed by atoms with Gasteiger partial charge in [0.25, 0.3) is 0 Å². The molecule has 0 spiro atoms. The summed E-state index contributed by atoms with van der Waals surface area (Å²) in [6, 6.07) is 3.39. The summed E-state index contributed by atoms with van der Waals surface area (Å²) in [4.78, 5) is 11.3. The van der Waals surface area contributed by atoms with Crippen LogP contribution in [0.4, 0.5) is 0 Å². The third kappa shape index (κ3) is 5.82. The van der Waals surface area contributed by atoms with Crippen LogP contribution in [0, 0.1) is 0 Å². The summed E-state index contributed by atoms with van der Waals surface area (Å²) in [7, 11) is -1.60. The summed E-state index contributed by atoms with van der Waals surface area (Å²) >= 11 is 0. The first-order valence-corrected chi connectivity index (χ1v) is 9.63. The molecule has 106 valence electrons. The molecule has 18 heavy (non-hydrogen) atoms. The molecule has 0 aromatic rings. The van der Waals surface area contributed by atoms with Crippen molar-refractivity contribution in [1.29, 1.82) is 0 Å². The van der Waals surface area contributed by atoms with Crippen molar-refractivity contribution in [2.75, 3.05) is 6.61 Å². The Hall–Kier alpha value is -0.613. The van der Waals surface area contributed by atoms with Gasteiger partial charge >= 0.3 is 5.97 Å². The fourth-order valence-electron chi connectivity index (χ4n) is 1.96. The maximum atomic E-state index is 11.3. The molecule has 0 saturated carbocycles. The minimum atomic E-state index is -1.60. The van der Waals surface area contributed by atoms with Gasteiger partial charge in [-0.25, -0.2) is 4.79 Å². The summed E-state index contributed by atoms with van der Waals surface area (Å²) in [5.74, 6) is -0.281. The molecule has 0 N–H and O–H groups in total. The highest BCUT2D eigenvalue weighted by molar-refractivity contribution is 6.73. The summed E-state index contributed by atoms with van der Waals surface area (Å²) in [6.45, 7) is 10.9. The fraction of sp³-hybridized carbons (Fsp3) is 0.786. The second-order valence-corrected chi connectivity index (χ2v) is 9.14. The second kappa shape index (κ2) is 9.33. The molecule has 0 radical (unpaired) electrons. The van der Waals surface area contributed by atoms with Crippen molar-refractivity contribution in [2.45, 2.75) is 65.3 Å². The van der Waals surface area contributed by atoms with Gasteiger partial charge in [-0.05, 0) is 37.6 Å². The first-order chi connectivity index (χ1) is 8.57. The van der Waals surface area contributed by atoms with Crippen molar-refractivity contribution >= 4 is 14.3 Å². The van der Waals surface area contributed by atoms with Crippen LogP contribution in [0.2, 0.25) is 18.1 Å². The van der Waals surface area contributed by atoms with E-state index >= 15 is 0 Å². The van der Waals surface area contributed by atoms with Crippen LogP contribution in [0.25, 0.3) is 0 Å². The first-order valence-electron chi connectivity index (χ1n) is 7.10. The standard InChI is InChI=1S/C14H28O3Si/c1-6-13(11-12-14(15)16-7-2)17-18(8-3,9-4)10-5/h11-13H,6-10H2,1-5H3/b12-11+/t13-/m1/s1. The molecular formula is C14H28O3Si. The normalized spacial score (nSPS) is 13.8. The Morgan fingerprint density at radius 3 is 2.06 bits per heavy atom. The topological polar surface area (TPSA) is 35.5 Å². The summed E-state index contributed by atoms with van der Waals surface area (Å²) < 4.78 is 11.2. The highest BCUT2D eigenvalue weighted by Crippen LogP contribution is 2.24. The van der Waals surface area contributed by atoms with Gasteiger partial charge in [0, 0.05) is 6.08 Å². The van der Waals surface area contributed by atoms with E-state index in [1.54, 1.807) is 0 Å². The lowest BCUT2D eigenvalue weighted by Crippen LogP contribution is -2.39. The largest absolute Gasteiger partial charge is 0.463 e. The van der Waals surface area contributed by atoms with Gasteiger partial charge in [-0.2, -0.15) is 0 Å². The average Bonchev–Trinajstić information content (AvgIpc) is 2.40. The molecule has 3 nitrogen and oxygen atoms in total. The van der Waals surface area contributed by atoms with E-state index in [1.807, 2.05) is 13.0 Å². The Bertz CT molecular complexity index is 252. The van der Waals surface area contributed by atoms with Crippen molar-refractivity contribution in [3.05, 3.63) is 12.2 Å². The number of ether oxygens (including phenoxy) is 1. The average molecular weight is 272 g/mol. The van der Waals surface area contributed by atoms with Gasteiger partial charge in [0.2, 0.25) is 0 Å². The zero-order chi connectivity index (χ0) is 14.0. The second-order valence-electron chi connectivity index (χ2n) is 4.42. The molecule has 0 unspecified atom stereocenters. The zero-order valence-corrected chi connectivity index (χ0v) is 13.5. The van der Waals surface area contributed by atoms with Crippen molar-refractivity contribution in [3.8, 4) is 0 Å². The third-order valence-corrected chi connectivity index (χ3v) is 8.14. The van der Waals surface area contributed by atoms with E-state index < -0.39 is 8.32 Å². The monoisotopic (exact) mass is 272 g/mol. The summed E-state index contributed by atoms with van der Waals surface area (Å²) in [5.41, 5.74) is 0. The molecular weight excluding hydrogens is 244 g/mol. The Labute approximate surface area is 113 Å². The van der Waals surface area contributed by atoms with E-state index in [0.717, 1.165) is 24.6 Å². The molecule has 0 fully saturated rings. The molecule has 0 heterocycles. The van der Waals surface area contributed by atoms with Crippen LogP contribution in [-0.2, 0) is 14.0 Å². The molecule has 0 bridgehead atoms. The van der Waals surface area contributed by atoms with Gasteiger partial charge in [-0.15, -0.1) is 0 Å². The number of carbonyl (C=O) groups is 1. The highest BCUT2D eigenvalue weighted by Gasteiger charge is 2.30.